The van der Waals surface area contributed by atoms with E-state index in [9.17, 15) is 4.39 Å². The summed E-state index contributed by atoms with van der Waals surface area (Å²) in [5.41, 5.74) is 1.94. The van der Waals surface area contributed by atoms with Crippen LogP contribution in [0.1, 0.15) is 24.8 Å². The van der Waals surface area contributed by atoms with Gasteiger partial charge < -0.3 is 10.2 Å². The van der Waals surface area contributed by atoms with Crippen molar-refractivity contribution in [3.05, 3.63) is 29.6 Å². The predicted octanol–water partition coefficient (Wildman–Crippen LogP) is 3.02. The fraction of sp³-hybridized carbons (Fsp3) is 0.600. The summed E-state index contributed by atoms with van der Waals surface area (Å²) in [7, 11) is 0. The minimum absolute atomic E-state index is 0.0676. The van der Waals surface area contributed by atoms with E-state index in [0.29, 0.717) is 6.04 Å². The summed E-state index contributed by atoms with van der Waals surface area (Å²) in [4.78, 5) is 2.24. The summed E-state index contributed by atoms with van der Waals surface area (Å²) in [6.45, 7) is 2.73. The Labute approximate surface area is 118 Å². The molecule has 2 fully saturated rings. The van der Waals surface area contributed by atoms with Crippen LogP contribution in [-0.2, 0) is 6.54 Å². The minimum Gasteiger partial charge on any atom is -0.368 e. The van der Waals surface area contributed by atoms with E-state index in [1.165, 1.54) is 18.6 Å². The van der Waals surface area contributed by atoms with E-state index in [0.717, 1.165) is 43.1 Å². The van der Waals surface area contributed by atoms with Gasteiger partial charge in [0.1, 0.15) is 5.82 Å². The summed E-state index contributed by atoms with van der Waals surface area (Å²) in [6.07, 6.45) is 3.69. The molecule has 2 aliphatic rings. The Morgan fingerprint density at radius 2 is 2.16 bits per heavy atom. The van der Waals surface area contributed by atoms with Crippen molar-refractivity contribution in [3.63, 3.8) is 0 Å². The third kappa shape index (κ3) is 3.42. The van der Waals surface area contributed by atoms with Crippen LogP contribution >= 0.6 is 11.8 Å². The summed E-state index contributed by atoms with van der Waals surface area (Å²) in [6, 6.07) is 6.14. The van der Waals surface area contributed by atoms with E-state index in [1.807, 2.05) is 17.8 Å². The standard InChI is InChI=1S/C15H21FN2S/c16-14-4-1-3-12(11-17-13-5-6-13)15(14)18-7-2-9-19-10-8-18/h1,3-4,13,17H,2,5-11H2. The molecule has 1 saturated carbocycles. The van der Waals surface area contributed by atoms with Crippen molar-refractivity contribution in [1.29, 1.82) is 0 Å². The minimum atomic E-state index is -0.0676. The first-order valence-electron chi connectivity index (χ1n) is 7.18. The molecule has 19 heavy (non-hydrogen) atoms. The molecule has 0 aromatic heterocycles. The summed E-state index contributed by atoms with van der Waals surface area (Å²) >= 11 is 1.97. The Morgan fingerprint density at radius 1 is 1.26 bits per heavy atom. The fourth-order valence-electron chi connectivity index (χ4n) is 2.57. The molecule has 0 atom stereocenters. The topological polar surface area (TPSA) is 15.3 Å². The molecule has 0 unspecified atom stereocenters. The van der Waals surface area contributed by atoms with Crippen molar-refractivity contribution < 1.29 is 4.39 Å². The van der Waals surface area contributed by atoms with E-state index < -0.39 is 0 Å². The van der Waals surface area contributed by atoms with Crippen LogP contribution < -0.4 is 10.2 Å². The molecular formula is C15H21FN2S. The molecule has 1 aliphatic carbocycles. The number of halogens is 1. The Morgan fingerprint density at radius 3 is 3.00 bits per heavy atom. The molecule has 4 heteroatoms. The highest BCUT2D eigenvalue weighted by Gasteiger charge is 2.22. The summed E-state index contributed by atoms with van der Waals surface area (Å²) in [5, 5.41) is 3.50. The van der Waals surface area contributed by atoms with Crippen LogP contribution in [0.3, 0.4) is 0 Å². The molecule has 1 aliphatic heterocycles. The maximum Gasteiger partial charge on any atom is 0.146 e. The van der Waals surface area contributed by atoms with E-state index >= 15 is 0 Å². The molecule has 2 nitrogen and oxygen atoms in total. The number of hydrogen-bond acceptors (Lipinski definition) is 3. The first kappa shape index (κ1) is 13.3. The molecule has 0 radical (unpaired) electrons. The van der Waals surface area contributed by atoms with Crippen molar-refractivity contribution >= 4 is 17.4 Å². The highest BCUT2D eigenvalue weighted by Crippen LogP contribution is 2.28. The Balaban J connectivity index is 1.79. The molecule has 0 spiro atoms. The Bertz CT molecular complexity index is 426. The van der Waals surface area contributed by atoms with Crippen molar-refractivity contribution in [2.45, 2.75) is 31.8 Å². The van der Waals surface area contributed by atoms with Gasteiger partial charge >= 0.3 is 0 Å². The number of hydrogen-bond donors (Lipinski definition) is 1. The lowest BCUT2D eigenvalue weighted by molar-refractivity contribution is 0.609. The number of nitrogens with zero attached hydrogens (tertiary/aromatic N) is 1. The third-order valence-corrected chi connectivity index (χ3v) is 4.82. The smallest absolute Gasteiger partial charge is 0.146 e. The third-order valence-electron chi connectivity index (χ3n) is 3.77. The van der Waals surface area contributed by atoms with Gasteiger partial charge in [-0.25, -0.2) is 4.39 Å². The highest BCUT2D eigenvalue weighted by atomic mass is 32.2. The van der Waals surface area contributed by atoms with E-state index in [2.05, 4.69) is 16.3 Å². The lowest BCUT2D eigenvalue weighted by Crippen LogP contribution is -2.29. The molecule has 104 valence electrons. The quantitative estimate of drug-likeness (QED) is 0.912. The van der Waals surface area contributed by atoms with Gasteiger partial charge in [0.05, 0.1) is 5.69 Å². The van der Waals surface area contributed by atoms with Crippen LogP contribution in [0.4, 0.5) is 10.1 Å². The van der Waals surface area contributed by atoms with E-state index in [1.54, 1.807) is 6.07 Å². The molecule has 1 N–H and O–H groups in total. The van der Waals surface area contributed by atoms with Crippen molar-refractivity contribution in [1.82, 2.24) is 5.32 Å². The van der Waals surface area contributed by atoms with Gasteiger partial charge in [-0.3, -0.25) is 0 Å². The molecule has 3 rings (SSSR count). The maximum absolute atomic E-state index is 14.2. The number of benzene rings is 1. The summed E-state index contributed by atoms with van der Waals surface area (Å²) < 4.78 is 14.2. The second-order valence-electron chi connectivity index (χ2n) is 5.36. The molecule has 1 aromatic rings. The largest absolute Gasteiger partial charge is 0.368 e. The average molecular weight is 280 g/mol. The zero-order chi connectivity index (χ0) is 13.1. The number of anilines is 1. The van der Waals surface area contributed by atoms with E-state index in [-0.39, 0.29) is 5.82 Å². The number of nitrogens with one attached hydrogen (secondary N) is 1. The van der Waals surface area contributed by atoms with E-state index in [4.69, 9.17) is 0 Å². The molecule has 0 bridgehead atoms. The number of thioether (sulfide) groups is 1. The average Bonchev–Trinajstić information content (AvgIpc) is 3.24. The highest BCUT2D eigenvalue weighted by molar-refractivity contribution is 7.99. The van der Waals surface area contributed by atoms with Gasteiger partial charge in [0.2, 0.25) is 0 Å². The van der Waals surface area contributed by atoms with Crippen LogP contribution in [0, 0.1) is 5.82 Å². The fourth-order valence-corrected chi connectivity index (χ4v) is 3.46. The van der Waals surface area contributed by atoms with Gasteiger partial charge in [0.25, 0.3) is 0 Å². The molecular weight excluding hydrogens is 259 g/mol. The monoisotopic (exact) mass is 280 g/mol. The number of para-hydroxylation sites is 1. The molecule has 1 aromatic carbocycles. The maximum atomic E-state index is 14.2. The number of rotatable bonds is 4. The predicted molar refractivity (Wildman–Crippen MR) is 80.4 cm³/mol. The zero-order valence-corrected chi connectivity index (χ0v) is 12.0. The lowest BCUT2D eigenvalue weighted by Gasteiger charge is -2.26. The van der Waals surface area contributed by atoms with Gasteiger partial charge in [-0.15, -0.1) is 0 Å². The molecule has 0 amide bonds. The van der Waals surface area contributed by atoms with Gasteiger partial charge in [-0.05, 0) is 36.6 Å². The van der Waals surface area contributed by atoms with Gasteiger partial charge in [0, 0.05) is 31.4 Å². The summed E-state index contributed by atoms with van der Waals surface area (Å²) in [5.74, 6) is 2.23. The van der Waals surface area contributed by atoms with Crippen molar-refractivity contribution in [2.24, 2.45) is 0 Å². The second kappa shape index (κ2) is 6.14. The first-order valence-corrected chi connectivity index (χ1v) is 8.33. The van der Waals surface area contributed by atoms with Crippen molar-refractivity contribution in [3.8, 4) is 0 Å². The Hall–Kier alpha value is -0.740. The van der Waals surface area contributed by atoms with Crippen LogP contribution in [-0.4, -0.2) is 30.6 Å². The normalized spacial score (nSPS) is 20.4. The van der Waals surface area contributed by atoms with Crippen molar-refractivity contribution in [2.75, 3.05) is 29.5 Å². The molecule has 1 heterocycles. The van der Waals surface area contributed by atoms with Crippen LogP contribution in [0.5, 0.6) is 0 Å². The van der Waals surface area contributed by atoms with Gasteiger partial charge in [-0.2, -0.15) is 11.8 Å². The lowest BCUT2D eigenvalue weighted by atomic mass is 10.1. The van der Waals surface area contributed by atoms with Crippen LogP contribution in [0.2, 0.25) is 0 Å². The first-order chi connectivity index (χ1) is 9.34. The SMILES string of the molecule is Fc1cccc(CNC2CC2)c1N1CCCSCC1. The van der Waals surface area contributed by atoms with Gasteiger partial charge in [-0.1, -0.05) is 12.1 Å². The van der Waals surface area contributed by atoms with Gasteiger partial charge in [0.15, 0.2) is 0 Å². The second-order valence-corrected chi connectivity index (χ2v) is 6.58. The zero-order valence-electron chi connectivity index (χ0n) is 11.2. The van der Waals surface area contributed by atoms with Crippen LogP contribution in [0.25, 0.3) is 0 Å². The Kier molecular flexibility index (Phi) is 4.28. The van der Waals surface area contributed by atoms with Crippen LogP contribution in [0.15, 0.2) is 18.2 Å². The molecule has 1 saturated heterocycles.